The highest BCUT2D eigenvalue weighted by Crippen LogP contribution is 2.34. The summed E-state index contributed by atoms with van der Waals surface area (Å²) in [6, 6.07) is 13.3. The van der Waals surface area contributed by atoms with Crippen molar-refractivity contribution in [3.8, 4) is 10.4 Å². The van der Waals surface area contributed by atoms with E-state index in [9.17, 15) is 0 Å². The van der Waals surface area contributed by atoms with E-state index >= 15 is 0 Å². The summed E-state index contributed by atoms with van der Waals surface area (Å²) < 4.78 is 4.29. The zero-order chi connectivity index (χ0) is 23.5. The minimum absolute atomic E-state index is 0.858. The fourth-order valence-corrected chi connectivity index (χ4v) is 5.42. The number of hydrogen-bond donors (Lipinski definition) is 1. The second-order valence-corrected chi connectivity index (χ2v) is 9.71. The molecule has 176 valence electrons. The lowest BCUT2D eigenvalue weighted by Crippen LogP contribution is -2.31. The first-order valence-corrected chi connectivity index (χ1v) is 12.9. The molecular weight excluding hydrogens is 440 g/mol. The summed E-state index contributed by atoms with van der Waals surface area (Å²) in [5.41, 5.74) is 7.38. The summed E-state index contributed by atoms with van der Waals surface area (Å²) in [6.45, 7) is 12.6. The molecule has 0 spiro atoms. The Kier molecular flexibility index (Phi) is 6.74. The molecule has 0 saturated heterocycles. The summed E-state index contributed by atoms with van der Waals surface area (Å²) in [5.74, 6) is 1.02. The van der Waals surface area contributed by atoms with E-state index in [0.717, 1.165) is 62.4 Å². The third-order valence-corrected chi connectivity index (χ3v) is 7.60. The summed E-state index contributed by atoms with van der Waals surface area (Å²) in [6.07, 6.45) is 4.59. The molecule has 2 aromatic carbocycles. The minimum Gasteiger partial charge on any atom is -0.384 e. The number of rotatable bonds is 8. The second kappa shape index (κ2) is 10.1. The SMILES string of the molecule is CCN(CC)CCNc1ccc2c(c1)CN(c1ncnc3c(C)cc(-c4ccns4)cc13)CC2. The van der Waals surface area contributed by atoms with Crippen molar-refractivity contribution in [3.05, 3.63) is 65.6 Å². The number of likely N-dealkylation sites (N-methyl/N-ethyl adjacent to an activating group) is 1. The van der Waals surface area contributed by atoms with Crippen molar-refractivity contribution in [2.24, 2.45) is 0 Å². The van der Waals surface area contributed by atoms with Crippen LogP contribution < -0.4 is 10.2 Å². The molecule has 2 aromatic heterocycles. The molecule has 0 atom stereocenters. The van der Waals surface area contributed by atoms with E-state index in [4.69, 9.17) is 4.98 Å². The van der Waals surface area contributed by atoms with Crippen molar-refractivity contribution in [1.29, 1.82) is 0 Å². The van der Waals surface area contributed by atoms with Crippen LogP contribution in [0.1, 0.15) is 30.5 Å². The van der Waals surface area contributed by atoms with Crippen LogP contribution in [0.3, 0.4) is 0 Å². The zero-order valence-electron chi connectivity index (χ0n) is 20.2. The van der Waals surface area contributed by atoms with Gasteiger partial charge in [0.2, 0.25) is 0 Å². The monoisotopic (exact) mass is 472 g/mol. The van der Waals surface area contributed by atoms with Gasteiger partial charge in [-0.25, -0.2) is 14.3 Å². The van der Waals surface area contributed by atoms with Gasteiger partial charge >= 0.3 is 0 Å². The van der Waals surface area contributed by atoms with Crippen LogP contribution in [-0.4, -0.2) is 52.0 Å². The van der Waals surface area contributed by atoms with Crippen molar-refractivity contribution in [1.82, 2.24) is 19.2 Å². The van der Waals surface area contributed by atoms with Crippen LogP contribution in [0, 0.1) is 6.92 Å². The highest BCUT2D eigenvalue weighted by Gasteiger charge is 2.21. The number of hydrogen-bond acceptors (Lipinski definition) is 7. The average molecular weight is 473 g/mol. The van der Waals surface area contributed by atoms with Gasteiger partial charge < -0.3 is 15.1 Å². The average Bonchev–Trinajstić information content (AvgIpc) is 3.41. The minimum atomic E-state index is 0.858. The molecule has 6 nitrogen and oxygen atoms in total. The van der Waals surface area contributed by atoms with E-state index in [1.54, 1.807) is 6.33 Å². The molecule has 34 heavy (non-hydrogen) atoms. The van der Waals surface area contributed by atoms with Crippen LogP contribution in [0.5, 0.6) is 0 Å². The van der Waals surface area contributed by atoms with Crippen LogP contribution in [-0.2, 0) is 13.0 Å². The Hall–Kier alpha value is -3.03. The zero-order valence-corrected chi connectivity index (χ0v) is 21.0. The quantitative estimate of drug-likeness (QED) is 0.372. The lowest BCUT2D eigenvalue weighted by atomic mass is 9.98. The molecule has 0 fully saturated rings. The van der Waals surface area contributed by atoms with Gasteiger partial charge in [0.15, 0.2) is 0 Å². The number of benzene rings is 2. The Labute approximate surface area is 205 Å². The van der Waals surface area contributed by atoms with Gasteiger partial charge in [-0.2, -0.15) is 0 Å². The molecule has 0 unspecified atom stereocenters. The molecule has 1 aliphatic rings. The normalized spacial score (nSPS) is 13.5. The first kappa shape index (κ1) is 22.7. The molecule has 0 bridgehead atoms. The van der Waals surface area contributed by atoms with E-state index in [-0.39, 0.29) is 0 Å². The Balaban J connectivity index is 1.40. The van der Waals surface area contributed by atoms with Crippen LogP contribution >= 0.6 is 11.5 Å². The number of nitrogens with one attached hydrogen (secondary N) is 1. The molecule has 0 radical (unpaired) electrons. The third-order valence-electron chi connectivity index (χ3n) is 6.80. The summed E-state index contributed by atoms with van der Waals surface area (Å²) in [4.78, 5) is 15.4. The van der Waals surface area contributed by atoms with E-state index < -0.39 is 0 Å². The Morgan fingerprint density at radius 1 is 1.06 bits per heavy atom. The largest absolute Gasteiger partial charge is 0.384 e. The predicted octanol–water partition coefficient (Wildman–Crippen LogP) is 5.38. The van der Waals surface area contributed by atoms with Crippen molar-refractivity contribution < 1.29 is 0 Å². The van der Waals surface area contributed by atoms with Gasteiger partial charge in [0.25, 0.3) is 0 Å². The lowest BCUT2D eigenvalue weighted by molar-refractivity contribution is 0.316. The lowest BCUT2D eigenvalue weighted by Gasteiger charge is -2.31. The third kappa shape index (κ3) is 4.63. The van der Waals surface area contributed by atoms with E-state index in [1.807, 2.05) is 6.20 Å². The molecule has 5 rings (SSSR count). The van der Waals surface area contributed by atoms with Crippen LogP contribution in [0.2, 0.25) is 0 Å². The van der Waals surface area contributed by atoms with Gasteiger partial charge in [0.1, 0.15) is 12.1 Å². The number of aryl methyl sites for hydroxylation is 1. The van der Waals surface area contributed by atoms with Crippen molar-refractivity contribution in [3.63, 3.8) is 0 Å². The van der Waals surface area contributed by atoms with Crippen molar-refractivity contribution >= 4 is 33.9 Å². The molecular formula is C27H32N6S. The smallest absolute Gasteiger partial charge is 0.140 e. The second-order valence-electron chi connectivity index (χ2n) is 8.87. The van der Waals surface area contributed by atoms with E-state index in [0.29, 0.717) is 0 Å². The first-order valence-electron chi connectivity index (χ1n) is 12.2. The maximum absolute atomic E-state index is 4.76. The van der Waals surface area contributed by atoms with Gasteiger partial charge in [-0.05, 0) is 90.6 Å². The fourth-order valence-electron chi connectivity index (χ4n) is 4.84. The molecule has 1 aliphatic heterocycles. The number of nitrogens with zero attached hydrogens (tertiary/aromatic N) is 5. The Morgan fingerprint density at radius 3 is 2.74 bits per heavy atom. The highest BCUT2D eigenvalue weighted by molar-refractivity contribution is 7.09. The highest BCUT2D eigenvalue weighted by atomic mass is 32.1. The predicted molar refractivity (Wildman–Crippen MR) is 143 cm³/mol. The Bertz CT molecular complexity index is 1270. The van der Waals surface area contributed by atoms with Gasteiger partial charge in [-0.3, -0.25) is 0 Å². The van der Waals surface area contributed by atoms with Crippen molar-refractivity contribution in [2.75, 3.05) is 42.9 Å². The molecule has 0 aliphatic carbocycles. The number of aromatic nitrogens is 3. The topological polar surface area (TPSA) is 57.2 Å². The van der Waals surface area contributed by atoms with Gasteiger partial charge in [0.05, 0.1) is 10.4 Å². The van der Waals surface area contributed by atoms with E-state index in [1.165, 1.54) is 44.4 Å². The van der Waals surface area contributed by atoms with Gasteiger partial charge in [-0.15, -0.1) is 0 Å². The maximum atomic E-state index is 4.76. The maximum Gasteiger partial charge on any atom is 0.140 e. The number of fused-ring (bicyclic) bond motifs is 2. The molecule has 7 heteroatoms. The summed E-state index contributed by atoms with van der Waals surface area (Å²) in [5, 5.41) is 4.73. The van der Waals surface area contributed by atoms with Crippen LogP contribution in [0.4, 0.5) is 11.5 Å². The van der Waals surface area contributed by atoms with Crippen LogP contribution in [0.15, 0.2) is 48.9 Å². The molecule has 3 heterocycles. The number of anilines is 2. The van der Waals surface area contributed by atoms with Gasteiger partial charge in [-0.1, -0.05) is 19.9 Å². The molecule has 1 N–H and O–H groups in total. The van der Waals surface area contributed by atoms with Gasteiger partial charge in [0, 0.05) is 43.4 Å². The standard InChI is InChI=1S/C27H32N6S/c1-4-32(5-2)13-11-28-23-7-6-20-9-12-33(17-22(20)15-23)27-24-16-21(25-8-10-31-34-25)14-19(3)26(24)29-18-30-27/h6-8,10,14-16,18,28H,4-5,9,11-13,17H2,1-3H3. The molecule has 4 aromatic rings. The summed E-state index contributed by atoms with van der Waals surface area (Å²) in [7, 11) is 0. The van der Waals surface area contributed by atoms with Crippen molar-refractivity contribution in [2.45, 2.75) is 33.7 Å². The fraction of sp³-hybridized carbons (Fsp3) is 0.370. The molecule has 0 saturated carbocycles. The Morgan fingerprint density at radius 2 is 1.94 bits per heavy atom. The molecule has 0 amide bonds. The van der Waals surface area contributed by atoms with E-state index in [2.05, 4.69) is 81.6 Å². The first-order chi connectivity index (χ1) is 16.7. The van der Waals surface area contributed by atoms with Crippen LogP contribution in [0.25, 0.3) is 21.3 Å². The summed E-state index contributed by atoms with van der Waals surface area (Å²) >= 11 is 1.52.